The van der Waals surface area contributed by atoms with Crippen molar-refractivity contribution in [2.45, 2.75) is 0 Å². The van der Waals surface area contributed by atoms with Crippen LogP contribution in [0.4, 0.5) is 5.69 Å². The lowest BCUT2D eigenvalue weighted by atomic mass is 10.1. The molecule has 98 valence electrons. The Hall–Kier alpha value is -1.72. The number of phenolic OH excluding ortho intramolecular Hbond substituents is 2. The second-order valence-corrected chi connectivity index (χ2v) is 5.05. The highest BCUT2D eigenvalue weighted by molar-refractivity contribution is 9.10. The van der Waals surface area contributed by atoms with Crippen LogP contribution in [0.15, 0.2) is 40.9 Å². The Morgan fingerprint density at radius 1 is 1.16 bits per heavy atom. The average molecular weight is 343 g/mol. The number of anilines is 1. The summed E-state index contributed by atoms with van der Waals surface area (Å²) in [6.07, 6.45) is 0. The Kier molecular flexibility index (Phi) is 3.97. The highest BCUT2D eigenvalue weighted by atomic mass is 79.9. The van der Waals surface area contributed by atoms with Gasteiger partial charge in [-0.15, -0.1) is 0 Å². The van der Waals surface area contributed by atoms with Crippen molar-refractivity contribution in [2.75, 3.05) is 5.32 Å². The van der Waals surface area contributed by atoms with Gasteiger partial charge in [-0.25, -0.2) is 0 Å². The van der Waals surface area contributed by atoms with Gasteiger partial charge in [0.15, 0.2) is 0 Å². The zero-order valence-electron chi connectivity index (χ0n) is 9.52. The minimum atomic E-state index is -0.535. The van der Waals surface area contributed by atoms with Gasteiger partial charge >= 0.3 is 0 Å². The van der Waals surface area contributed by atoms with Gasteiger partial charge in [0.25, 0.3) is 5.91 Å². The largest absolute Gasteiger partial charge is 0.508 e. The summed E-state index contributed by atoms with van der Waals surface area (Å²) >= 11 is 9.16. The molecule has 0 bridgehead atoms. The molecule has 3 N–H and O–H groups in total. The van der Waals surface area contributed by atoms with Crippen LogP contribution < -0.4 is 5.32 Å². The van der Waals surface area contributed by atoms with Gasteiger partial charge in [0.2, 0.25) is 0 Å². The van der Waals surface area contributed by atoms with E-state index < -0.39 is 5.91 Å². The van der Waals surface area contributed by atoms with E-state index in [0.29, 0.717) is 15.2 Å². The molecule has 0 aliphatic heterocycles. The van der Waals surface area contributed by atoms with E-state index in [1.807, 2.05) is 0 Å². The summed E-state index contributed by atoms with van der Waals surface area (Å²) in [5.74, 6) is -0.845. The van der Waals surface area contributed by atoms with Gasteiger partial charge in [0.05, 0.1) is 10.6 Å². The Morgan fingerprint density at radius 2 is 1.89 bits per heavy atom. The molecule has 0 fully saturated rings. The molecule has 0 unspecified atom stereocenters. The zero-order valence-corrected chi connectivity index (χ0v) is 11.9. The third kappa shape index (κ3) is 3.19. The average Bonchev–Trinajstić information content (AvgIpc) is 2.36. The number of hydrogen-bond donors (Lipinski definition) is 3. The van der Waals surface area contributed by atoms with Gasteiger partial charge in [-0.05, 0) is 52.3 Å². The normalized spacial score (nSPS) is 10.2. The fourth-order valence-corrected chi connectivity index (χ4v) is 1.91. The fraction of sp³-hybridized carbons (Fsp3) is 0. The van der Waals surface area contributed by atoms with E-state index in [2.05, 4.69) is 21.2 Å². The van der Waals surface area contributed by atoms with Crippen LogP contribution in [0.3, 0.4) is 0 Å². The van der Waals surface area contributed by atoms with E-state index in [9.17, 15) is 15.0 Å². The molecule has 0 radical (unpaired) electrons. The van der Waals surface area contributed by atoms with Crippen molar-refractivity contribution in [1.29, 1.82) is 0 Å². The lowest BCUT2D eigenvalue weighted by Gasteiger charge is -2.08. The zero-order chi connectivity index (χ0) is 14.0. The Bertz CT molecular complexity index is 646. The molecule has 6 heteroatoms. The van der Waals surface area contributed by atoms with Gasteiger partial charge in [-0.1, -0.05) is 11.6 Å². The monoisotopic (exact) mass is 341 g/mol. The van der Waals surface area contributed by atoms with Gasteiger partial charge in [0.1, 0.15) is 11.5 Å². The van der Waals surface area contributed by atoms with E-state index in [0.717, 1.165) is 0 Å². The first-order valence-corrected chi connectivity index (χ1v) is 6.43. The number of carbonyl (C=O) groups excluding carboxylic acids is 1. The van der Waals surface area contributed by atoms with E-state index in [-0.39, 0.29) is 17.1 Å². The quantitative estimate of drug-likeness (QED) is 0.728. The van der Waals surface area contributed by atoms with Crippen molar-refractivity contribution in [3.8, 4) is 11.5 Å². The Morgan fingerprint density at radius 3 is 2.58 bits per heavy atom. The van der Waals surface area contributed by atoms with Gasteiger partial charge < -0.3 is 15.5 Å². The number of phenols is 2. The number of hydrogen-bond acceptors (Lipinski definition) is 3. The molecule has 2 aromatic carbocycles. The maximum absolute atomic E-state index is 11.9. The first kappa shape index (κ1) is 13.7. The molecule has 0 spiro atoms. The SMILES string of the molecule is O=C(Nc1ccc(Br)c(Cl)c1)c1cc(O)ccc1O. The number of amides is 1. The van der Waals surface area contributed by atoms with Crippen molar-refractivity contribution >= 4 is 39.1 Å². The van der Waals surface area contributed by atoms with Gasteiger partial charge in [-0.3, -0.25) is 4.79 Å². The summed E-state index contributed by atoms with van der Waals surface area (Å²) in [5, 5.41) is 21.9. The second-order valence-electron chi connectivity index (χ2n) is 3.78. The van der Waals surface area contributed by atoms with Crippen LogP contribution in [-0.4, -0.2) is 16.1 Å². The molecule has 0 heterocycles. The van der Waals surface area contributed by atoms with Gasteiger partial charge in [0, 0.05) is 10.2 Å². The predicted octanol–water partition coefficient (Wildman–Crippen LogP) is 3.77. The van der Waals surface area contributed by atoms with Crippen molar-refractivity contribution < 1.29 is 15.0 Å². The van der Waals surface area contributed by atoms with Crippen molar-refractivity contribution in [3.63, 3.8) is 0 Å². The number of benzene rings is 2. The van der Waals surface area contributed by atoms with E-state index >= 15 is 0 Å². The maximum atomic E-state index is 11.9. The van der Waals surface area contributed by atoms with Crippen LogP contribution in [-0.2, 0) is 0 Å². The van der Waals surface area contributed by atoms with Crippen LogP contribution in [0.2, 0.25) is 5.02 Å². The topological polar surface area (TPSA) is 69.6 Å². The number of aromatic hydroxyl groups is 2. The second kappa shape index (κ2) is 5.50. The fourth-order valence-electron chi connectivity index (χ4n) is 1.48. The van der Waals surface area contributed by atoms with Crippen LogP contribution in [0.25, 0.3) is 0 Å². The van der Waals surface area contributed by atoms with Gasteiger partial charge in [-0.2, -0.15) is 0 Å². The molecule has 4 nitrogen and oxygen atoms in total. The number of rotatable bonds is 2. The first-order valence-electron chi connectivity index (χ1n) is 5.26. The summed E-state index contributed by atoms with van der Waals surface area (Å²) in [6.45, 7) is 0. The molecule has 2 rings (SSSR count). The number of carbonyl (C=O) groups is 1. The summed E-state index contributed by atoms with van der Waals surface area (Å²) < 4.78 is 0.715. The summed E-state index contributed by atoms with van der Waals surface area (Å²) in [5.41, 5.74) is 0.472. The summed E-state index contributed by atoms with van der Waals surface area (Å²) in [7, 11) is 0. The van der Waals surface area contributed by atoms with E-state index in [1.165, 1.54) is 18.2 Å². The lowest BCUT2D eigenvalue weighted by Crippen LogP contribution is -2.12. The number of halogens is 2. The molecule has 0 atom stereocenters. The minimum absolute atomic E-state index is 0.0148. The molecule has 1 amide bonds. The van der Waals surface area contributed by atoms with Crippen LogP contribution in [0.1, 0.15) is 10.4 Å². The van der Waals surface area contributed by atoms with Crippen LogP contribution in [0.5, 0.6) is 11.5 Å². The molecule has 0 aliphatic carbocycles. The molecular formula is C13H9BrClNO3. The third-order valence-electron chi connectivity index (χ3n) is 2.40. The maximum Gasteiger partial charge on any atom is 0.259 e. The highest BCUT2D eigenvalue weighted by Crippen LogP contribution is 2.27. The molecule has 19 heavy (non-hydrogen) atoms. The van der Waals surface area contributed by atoms with Crippen molar-refractivity contribution in [3.05, 3.63) is 51.5 Å². The smallest absolute Gasteiger partial charge is 0.259 e. The molecule has 2 aromatic rings. The van der Waals surface area contributed by atoms with Crippen LogP contribution in [0, 0.1) is 0 Å². The molecular weight excluding hydrogens is 334 g/mol. The summed E-state index contributed by atoms with van der Waals surface area (Å²) in [6, 6.07) is 8.66. The van der Waals surface area contributed by atoms with E-state index in [1.54, 1.807) is 18.2 Å². The molecule has 0 aliphatic rings. The van der Waals surface area contributed by atoms with Crippen LogP contribution >= 0.6 is 27.5 Å². The van der Waals surface area contributed by atoms with Crippen molar-refractivity contribution in [2.24, 2.45) is 0 Å². The van der Waals surface area contributed by atoms with E-state index in [4.69, 9.17) is 11.6 Å². The summed E-state index contributed by atoms with van der Waals surface area (Å²) in [4.78, 5) is 11.9. The highest BCUT2D eigenvalue weighted by Gasteiger charge is 2.12. The first-order chi connectivity index (χ1) is 8.97. The Labute approximate surface area is 122 Å². The molecule has 0 saturated heterocycles. The Balaban J connectivity index is 2.25. The molecule has 0 aromatic heterocycles. The third-order valence-corrected chi connectivity index (χ3v) is 3.63. The predicted molar refractivity (Wildman–Crippen MR) is 76.9 cm³/mol. The molecule has 0 saturated carbocycles. The standard InChI is InChI=1S/C13H9BrClNO3/c14-10-3-1-7(5-11(10)15)16-13(19)9-6-8(17)2-4-12(9)18/h1-6,17-18H,(H,16,19). The number of nitrogens with one attached hydrogen (secondary N) is 1. The minimum Gasteiger partial charge on any atom is -0.508 e. The van der Waals surface area contributed by atoms with Crippen molar-refractivity contribution in [1.82, 2.24) is 0 Å². The lowest BCUT2D eigenvalue weighted by molar-refractivity contribution is 0.102.